The van der Waals surface area contributed by atoms with E-state index >= 15 is 0 Å². The molecule has 1 aromatic carbocycles. The lowest BCUT2D eigenvalue weighted by Crippen LogP contribution is -2.39. The van der Waals surface area contributed by atoms with Gasteiger partial charge in [0.25, 0.3) is 0 Å². The highest BCUT2D eigenvalue weighted by Gasteiger charge is 2.20. The zero-order valence-corrected chi connectivity index (χ0v) is 16.8. The predicted octanol–water partition coefficient (Wildman–Crippen LogP) is 3.85. The Morgan fingerprint density at radius 1 is 1.08 bits per heavy atom. The fourth-order valence-corrected chi connectivity index (χ4v) is 2.12. The fourth-order valence-electron chi connectivity index (χ4n) is 2.12. The van der Waals surface area contributed by atoms with Gasteiger partial charge in [-0.3, -0.25) is 4.79 Å². The van der Waals surface area contributed by atoms with Crippen molar-refractivity contribution >= 4 is 18.3 Å². The van der Waals surface area contributed by atoms with Gasteiger partial charge in [0.15, 0.2) is 11.5 Å². The maximum atomic E-state index is 12.2. The predicted molar refractivity (Wildman–Crippen MR) is 105 cm³/mol. The second-order valence-corrected chi connectivity index (χ2v) is 6.28. The zero-order valence-electron chi connectivity index (χ0n) is 16.0. The van der Waals surface area contributed by atoms with Gasteiger partial charge in [-0.25, -0.2) is 0 Å². The first-order valence-corrected chi connectivity index (χ1v) is 8.86. The van der Waals surface area contributed by atoms with Gasteiger partial charge in [0.2, 0.25) is 5.91 Å². The first-order valence-electron chi connectivity index (χ1n) is 8.86. The van der Waals surface area contributed by atoms with Crippen LogP contribution in [0, 0.1) is 5.92 Å². The van der Waals surface area contributed by atoms with Crippen LogP contribution in [0.2, 0.25) is 0 Å². The quantitative estimate of drug-likeness (QED) is 0.654. The van der Waals surface area contributed by atoms with Crippen LogP contribution in [0.4, 0.5) is 0 Å². The number of hydrogen-bond acceptors (Lipinski definition) is 4. The van der Waals surface area contributed by atoms with Crippen molar-refractivity contribution in [3.05, 3.63) is 23.8 Å². The summed E-state index contributed by atoms with van der Waals surface area (Å²) in [5.41, 5.74) is 6.78. The fraction of sp³-hybridized carbons (Fsp3) is 0.632. The molecule has 0 fully saturated rings. The Hall–Kier alpha value is -1.46. The van der Waals surface area contributed by atoms with Crippen molar-refractivity contribution in [2.75, 3.05) is 13.2 Å². The summed E-state index contributed by atoms with van der Waals surface area (Å²) < 4.78 is 11.5. The second-order valence-electron chi connectivity index (χ2n) is 6.28. The molecule has 1 aromatic rings. The Bertz CT molecular complexity index is 523. The molecule has 3 atom stereocenters. The average Bonchev–Trinajstić information content (AvgIpc) is 2.57. The number of halogens is 1. The number of nitrogens with two attached hydrogens (primary N) is 1. The van der Waals surface area contributed by atoms with E-state index in [1.807, 2.05) is 39.0 Å². The van der Waals surface area contributed by atoms with Crippen molar-refractivity contribution in [1.82, 2.24) is 5.32 Å². The molecule has 0 saturated carbocycles. The van der Waals surface area contributed by atoms with Crippen molar-refractivity contribution in [3.8, 4) is 11.5 Å². The van der Waals surface area contributed by atoms with Crippen LogP contribution in [0.25, 0.3) is 0 Å². The van der Waals surface area contributed by atoms with Gasteiger partial charge in [-0.15, -0.1) is 12.4 Å². The molecule has 6 heteroatoms. The zero-order chi connectivity index (χ0) is 18.1. The summed E-state index contributed by atoms with van der Waals surface area (Å²) in [4.78, 5) is 12.2. The van der Waals surface area contributed by atoms with E-state index in [-0.39, 0.29) is 36.3 Å². The van der Waals surface area contributed by atoms with E-state index < -0.39 is 0 Å². The molecule has 0 aliphatic carbocycles. The highest BCUT2D eigenvalue weighted by molar-refractivity contribution is 5.85. The van der Waals surface area contributed by atoms with E-state index in [2.05, 4.69) is 19.2 Å². The van der Waals surface area contributed by atoms with E-state index in [1.165, 1.54) is 0 Å². The third-order valence-corrected chi connectivity index (χ3v) is 3.95. The number of rotatable bonds is 10. The summed E-state index contributed by atoms with van der Waals surface area (Å²) in [5.74, 6) is 1.20. The largest absolute Gasteiger partial charge is 0.490 e. The lowest BCUT2D eigenvalue weighted by Gasteiger charge is -2.21. The Labute approximate surface area is 158 Å². The normalized spacial score (nSPS) is 14.0. The molecule has 144 valence electrons. The number of nitrogens with one attached hydrogen (secondary N) is 1. The maximum Gasteiger partial charge on any atom is 0.224 e. The minimum Gasteiger partial charge on any atom is -0.490 e. The third-order valence-electron chi connectivity index (χ3n) is 3.95. The molecule has 0 aliphatic heterocycles. The number of carbonyl (C=O) groups excluding carboxylic acids is 1. The summed E-state index contributed by atoms with van der Waals surface area (Å²) in [6.07, 6.45) is 1.87. The number of carbonyl (C=O) groups is 1. The Morgan fingerprint density at radius 3 is 2.16 bits per heavy atom. The van der Waals surface area contributed by atoms with Gasteiger partial charge in [0.1, 0.15) is 0 Å². The molecule has 3 N–H and O–H groups in total. The molecule has 0 bridgehead atoms. The van der Waals surface area contributed by atoms with E-state index in [9.17, 15) is 4.79 Å². The van der Waals surface area contributed by atoms with Crippen LogP contribution in [0.3, 0.4) is 0 Å². The van der Waals surface area contributed by atoms with Gasteiger partial charge in [-0.05, 0) is 44.4 Å². The molecule has 0 saturated heterocycles. The number of benzene rings is 1. The third kappa shape index (κ3) is 7.53. The first kappa shape index (κ1) is 23.5. The summed E-state index contributed by atoms with van der Waals surface area (Å²) in [6, 6.07) is 5.52. The van der Waals surface area contributed by atoms with Gasteiger partial charge in [0.05, 0.1) is 19.3 Å². The second kappa shape index (κ2) is 12.0. The molecule has 0 spiro atoms. The van der Waals surface area contributed by atoms with Crippen molar-refractivity contribution < 1.29 is 14.3 Å². The van der Waals surface area contributed by atoms with Gasteiger partial charge < -0.3 is 20.5 Å². The van der Waals surface area contributed by atoms with Gasteiger partial charge in [-0.1, -0.05) is 26.8 Å². The Balaban J connectivity index is 0.00000576. The maximum absolute atomic E-state index is 12.2. The summed E-state index contributed by atoms with van der Waals surface area (Å²) >= 11 is 0. The highest BCUT2D eigenvalue weighted by Crippen LogP contribution is 2.31. The van der Waals surface area contributed by atoms with Crippen LogP contribution in [-0.4, -0.2) is 25.2 Å². The van der Waals surface area contributed by atoms with Gasteiger partial charge in [-0.2, -0.15) is 0 Å². The summed E-state index contributed by atoms with van der Waals surface area (Å²) in [7, 11) is 0. The van der Waals surface area contributed by atoms with Gasteiger partial charge in [0, 0.05) is 12.0 Å². The van der Waals surface area contributed by atoms with Crippen LogP contribution in [0.15, 0.2) is 18.2 Å². The summed E-state index contributed by atoms with van der Waals surface area (Å²) in [6.45, 7) is 11.0. The smallest absolute Gasteiger partial charge is 0.224 e. The Kier molecular flexibility index (Phi) is 11.3. The Morgan fingerprint density at radius 2 is 1.64 bits per heavy atom. The van der Waals surface area contributed by atoms with Crippen LogP contribution in [-0.2, 0) is 4.79 Å². The van der Waals surface area contributed by atoms with Crippen molar-refractivity contribution in [1.29, 1.82) is 0 Å². The van der Waals surface area contributed by atoms with Crippen LogP contribution >= 0.6 is 12.4 Å². The van der Waals surface area contributed by atoms with Crippen molar-refractivity contribution in [3.63, 3.8) is 0 Å². The lowest BCUT2D eigenvalue weighted by molar-refractivity contribution is -0.125. The molecule has 0 aliphatic rings. The van der Waals surface area contributed by atoms with Crippen LogP contribution < -0.4 is 20.5 Å². The molecular weight excluding hydrogens is 340 g/mol. The molecule has 3 unspecified atom stereocenters. The van der Waals surface area contributed by atoms with E-state index in [4.69, 9.17) is 15.2 Å². The minimum absolute atomic E-state index is 0. The monoisotopic (exact) mass is 372 g/mol. The molecule has 1 rings (SSSR count). The van der Waals surface area contributed by atoms with Crippen LogP contribution in [0.1, 0.15) is 59.1 Å². The molecule has 25 heavy (non-hydrogen) atoms. The number of ether oxygens (including phenoxy) is 2. The highest BCUT2D eigenvalue weighted by atomic mass is 35.5. The SMILES string of the molecule is CCCOc1ccc(C(C)NC(=O)C(C)C(C)N)cc1OCCC.Cl. The molecule has 5 nitrogen and oxygen atoms in total. The molecule has 0 heterocycles. The minimum atomic E-state index is -0.226. The van der Waals surface area contributed by atoms with E-state index in [1.54, 1.807) is 0 Å². The van der Waals surface area contributed by atoms with Crippen molar-refractivity contribution in [2.45, 2.75) is 59.5 Å². The molecule has 0 radical (unpaired) electrons. The lowest BCUT2D eigenvalue weighted by atomic mass is 10.0. The van der Waals surface area contributed by atoms with Gasteiger partial charge >= 0.3 is 0 Å². The number of hydrogen-bond donors (Lipinski definition) is 2. The van der Waals surface area contributed by atoms with E-state index in [0.29, 0.717) is 13.2 Å². The van der Waals surface area contributed by atoms with E-state index in [0.717, 1.165) is 29.9 Å². The van der Waals surface area contributed by atoms with Crippen LogP contribution in [0.5, 0.6) is 11.5 Å². The first-order chi connectivity index (χ1) is 11.4. The topological polar surface area (TPSA) is 73.6 Å². The molecule has 1 amide bonds. The average molecular weight is 373 g/mol. The molecule has 0 aromatic heterocycles. The summed E-state index contributed by atoms with van der Waals surface area (Å²) in [5, 5.41) is 3.01. The van der Waals surface area contributed by atoms with Crippen molar-refractivity contribution in [2.24, 2.45) is 11.7 Å². The standard InChI is InChI=1S/C19H32N2O3.ClH/c1-6-10-23-17-9-8-16(12-18(17)24-11-7-2)15(5)21-19(22)13(3)14(4)20;/h8-9,12-15H,6-7,10-11,20H2,1-5H3,(H,21,22);1H. The molecular formula is C19H33ClN2O3. The number of amides is 1.